The van der Waals surface area contributed by atoms with Gasteiger partial charge < -0.3 is 20.8 Å². The van der Waals surface area contributed by atoms with E-state index in [9.17, 15) is 4.39 Å². The first kappa shape index (κ1) is 19.1. The van der Waals surface area contributed by atoms with Gasteiger partial charge in [-0.15, -0.1) is 5.10 Å². The van der Waals surface area contributed by atoms with Crippen LogP contribution in [0.2, 0.25) is 0 Å². The van der Waals surface area contributed by atoms with E-state index < -0.39 is 0 Å². The maximum atomic E-state index is 14.5. The van der Waals surface area contributed by atoms with Crippen LogP contribution in [0.1, 0.15) is 11.1 Å². The van der Waals surface area contributed by atoms with Crippen LogP contribution in [-0.2, 0) is 13.0 Å². The molecule has 0 unspecified atom stereocenters. The molecule has 0 fully saturated rings. The summed E-state index contributed by atoms with van der Waals surface area (Å²) in [6.07, 6.45) is 6.02. The fourth-order valence-electron chi connectivity index (χ4n) is 3.98. The maximum Gasteiger partial charge on any atom is 0.150 e. The van der Waals surface area contributed by atoms with E-state index >= 15 is 0 Å². The molecule has 31 heavy (non-hydrogen) atoms. The van der Waals surface area contributed by atoms with Crippen molar-refractivity contribution in [2.45, 2.75) is 13.0 Å². The molecular formula is C22H22FN7O. The fourth-order valence-corrected chi connectivity index (χ4v) is 3.98. The van der Waals surface area contributed by atoms with E-state index in [2.05, 4.69) is 31.1 Å². The number of halogens is 1. The summed E-state index contributed by atoms with van der Waals surface area (Å²) < 4.78 is 20.1. The van der Waals surface area contributed by atoms with Crippen LogP contribution in [0.15, 0.2) is 42.9 Å². The molecule has 1 aromatic carbocycles. The molecule has 4 heterocycles. The van der Waals surface area contributed by atoms with Crippen molar-refractivity contribution < 1.29 is 9.13 Å². The molecule has 0 radical (unpaired) electrons. The molecule has 5 rings (SSSR count). The molecule has 9 heteroatoms. The standard InChI is InChI=1S/C22H22FN7O/c1-24-21-9-19(30(25-2)29-21)16-12-28-22(17-10-26-7-5-13(16)17)27-11-15-14-6-8-31-20(14)4-3-18(15)23/h3-5,7,9-10,12,25H,6,8,11H2,1-2H3,(H,24,29)(H,27,28). The number of fused-ring (bicyclic) bond motifs is 2. The number of hydrogen-bond donors (Lipinski definition) is 3. The van der Waals surface area contributed by atoms with Crippen molar-refractivity contribution in [3.8, 4) is 17.0 Å². The Kier molecular flexibility index (Phi) is 4.78. The normalized spacial score (nSPS) is 12.5. The van der Waals surface area contributed by atoms with Crippen molar-refractivity contribution >= 4 is 22.4 Å². The molecule has 0 spiro atoms. The Labute approximate surface area is 178 Å². The SMILES string of the molecule is CNc1cc(-c2cnc(NCc3c(F)ccc4c3CCO4)c3cnccc23)n(NC)n1. The van der Waals surface area contributed by atoms with Gasteiger partial charge in [0.05, 0.1) is 12.3 Å². The summed E-state index contributed by atoms with van der Waals surface area (Å²) in [5.41, 5.74) is 6.37. The van der Waals surface area contributed by atoms with Gasteiger partial charge in [-0.1, -0.05) is 0 Å². The second-order valence-corrected chi connectivity index (χ2v) is 7.20. The molecule has 0 saturated heterocycles. The lowest BCUT2D eigenvalue weighted by Crippen LogP contribution is -2.12. The molecule has 1 aliphatic heterocycles. The topological polar surface area (TPSA) is 88.9 Å². The third-order valence-corrected chi connectivity index (χ3v) is 5.52. The van der Waals surface area contributed by atoms with E-state index in [1.54, 1.807) is 36.5 Å². The zero-order valence-electron chi connectivity index (χ0n) is 17.2. The molecular weight excluding hydrogens is 397 g/mol. The van der Waals surface area contributed by atoms with E-state index in [1.807, 2.05) is 19.2 Å². The summed E-state index contributed by atoms with van der Waals surface area (Å²) in [4.78, 5) is 10.6. The zero-order valence-corrected chi connectivity index (χ0v) is 17.2. The number of hydrogen-bond acceptors (Lipinski definition) is 7. The largest absolute Gasteiger partial charge is 0.493 e. The van der Waals surface area contributed by atoms with E-state index in [1.165, 1.54) is 6.07 Å². The molecule has 3 N–H and O–H groups in total. The molecule has 8 nitrogen and oxygen atoms in total. The van der Waals surface area contributed by atoms with Crippen LogP contribution in [0.25, 0.3) is 22.0 Å². The molecule has 0 saturated carbocycles. The number of nitrogens with zero attached hydrogens (tertiary/aromatic N) is 4. The third-order valence-electron chi connectivity index (χ3n) is 5.52. The molecule has 1 aliphatic rings. The van der Waals surface area contributed by atoms with Crippen molar-refractivity contribution in [2.24, 2.45) is 0 Å². The molecule has 3 aromatic heterocycles. The number of benzene rings is 1. The van der Waals surface area contributed by atoms with Crippen LogP contribution < -0.4 is 20.8 Å². The number of aromatic nitrogens is 4. The summed E-state index contributed by atoms with van der Waals surface area (Å²) in [6.45, 7) is 0.895. The second kappa shape index (κ2) is 7.75. The van der Waals surface area contributed by atoms with Crippen molar-refractivity contribution in [3.63, 3.8) is 0 Å². The highest BCUT2D eigenvalue weighted by Crippen LogP contribution is 2.34. The molecule has 158 valence electrons. The lowest BCUT2D eigenvalue weighted by molar-refractivity contribution is 0.356. The van der Waals surface area contributed by atoms with Crippen LogP contribution in [-0.4, -0.2) is 40.6 Å². The van der Waals surface area contributed by atoms with Gasteiger partial charge in [0, 0.05) is 73.8 Å². The first-order chi connectivity index (χ1) is 15.2. The molecule has 0 aliphatic carbocycles. The summed E-state index contributed by atoms with van der Waals surface area (Å²) in [5.74, 6) is 1.90. The quantitative estimate of drug-likeness (QED) is 0.441. The predicted octanol–water partition coefficient (Wildman–Crippen LogP) is 3.39. The minimum absolute atomic E-state index is 0.242. The van der Waals surface area contributed by atoms with E-state index in [-0.39, 0.29) is 5.82 Å². The smallest absolute Gasteiger partial charge is 0.150 e. The Hall–Kier alpha value is -3.88. The Balaban J connectivity index is 1.53. The Morgan fingerprint density at radius 2 is 2.06 bits per heavy atom. The summed E-state index contributed by atoms with van der Waals surface area (Å²) in [5, 5.41) is 12.6. The Morgan fingerprint density at radius 1 is 1.16 bits per heavy atom. The van der Waals surface area contributed by atoms with Crippen molar-refractivity contribution in [1.29, 1.82) is 0 Å². The van der Waals surface area contributed by atoms with Crippen molar-refractivity contribution in [3.05, 3.63) is 59.8 Å². The molecule has 0 atom stereocenters. The summed E-state index contributed by atoms with van der Waals surface area (Å²) in [6, 6.07) is 7.04. The van der Waals surface area contributed by atoms with Crippen molar-refractivity contribution in [2.75, 3.05) is 36.8 Å². The highest BCUT2D eigenvalue weighted by molar-refractivity contribution is 6.00. The second-order valence-electron chi connectivity index (χ2n) is 7.20. The van der Waals surface area contributed by atoms with Crippen molar-refractivity contribution in [1.82, 2.24) is 19.9 Å². The van der Waals surface area contributed by atoms with Crippen LogP contribution in [0.5, 0.6) is 5.75 Å². The number of rotatable bonds is 6. The zero-order chi connectivity index (χ0) is 21.4. The van der Waals surface area contributed by atoms with Crippen LogP contribution in [0.4, 0.5) is 16.0 Å². The fraction of sp³-hybridized carbons (Fsp3) is 0.227. The van der Waals surface area contributed by atoms with Gasteiger partial charge in [-0.25, -0.2) is 9.37 Å². The number of anilines is 2. The van der Waals surface area contributed by atoms with Crippen LogP contribution in [0.3, 0.4) is 0 Å². The van der Waals surface area contributed by atoms with Gasteiger partial charge in [0.2, 0.25) is 0 Å². The lowest BCUT2D eigenvalue weighted by atomic mass is 10.0. The first-order valence-corrected chi connectivity index (χ1v) is 10.0. The van der Waals surface area contributed by atoms with Gasteiger partial charge in [-0.3, -0.25) is 4.98 Å². The number of nitrogens with one attached hydrogen (secondary N) is 3. The number of ether oxygens (including phenoxy) is 1. The minimum atomic E-state index is -0.242. The van der Waals surface area contributed by atoms with E-state index in [0.29, 0.717) is 31.0 Å². The van der Waals surface area contributed by atoms with Gasteiger partial charge in [0.25, 0.3) is 0 Å². The average molecular weight is 419 g/mol. The van der Waals surface area contributed by atoms with Gasteiger partial charge in [-0.05, 0) is 23.6 Å². The first-order valence-electron chi connectivity index (χ1n) is 10.0. The summed E-state index contributed by atoms with van der Waals surface area (Å²) in [7, 11) is 3.63. The predicted molar refractivity (Wildman–Crippen MR) is 119 cm³/mol. The molecule has 4 aromatic rings. The van der Waals surface area contributed by atoms with Crippen LogP contribution >= 0.6 is 0 Å². The summed E-state index contributed by atoms with van der Waals surface area (Å²) >= 11 is 0. The monoisotopic (exact) mass is 419 g/mol. The van der Waals surface area contributed by atoms with Gasteiger partial charge in [-0.2, -0.15) is 4.79 Å². The maximum absolute atomic E-state index is 14.5. The van der Waals surface area contributed by atoms with Crippen LogP contribution in [0, 0.1) is 5.82 Å². The highest BCUT2D eigenvalue weighted by atomic mass is 19.1. The van der Waals surface area contributed by atoms with Gasteiger partial charge in [0.1, 0.15) is 17.4 Å². The Bertz CT molecular complexity index is 1270. The van der Waals surface area contributed by atoms with E-state index in [4.69, 9.17) is 4.74 Å². The molecule has 0 bridgehead atoms. The molecule has 0 amide bonds. The van der Waals surface area contributed by atoms with Gasteiger partial charge in [0.15, 0.2) is 5.82 Å². The minimum Gasteiger partial charge on any atom is -0.493 e. The lowest BCUT2D eigenvalue weighted by Gasteiger charge is -2.14. The Morgan fingerprint density at radius 3 is 2.90 bits per heavy atom. The average Bonchev–Trinajstić information content (AvgIpc) is 3.45. The third kappa shape index (κ3) is 3.27. The van der Waals surface area contributed by atoms with E-state index in [0.717, 1.165) is 39.2 Å². The van der Waals surface area contributed by atoms with Gasteiger partial charge >= 0.3 is 0 Å². The number of pyridine rings is 2. The highest BCUT2D eigenvalue weighted by Gasteiger charge is 2.20.